The maximum absolute atomic E-state index is 13.2. The van der Waals surface area contributed by atoms with E-state index in [1.807, 2.05) is 12.1 Å². The maximum Gasteiger partial charge on any atom is 0.423 e. The Kier molecular flexibility index (Phi) is 5.46. The molecule has 1 heterocycles. The number of rotatable bonds is 4. The third-order valence-electron chi connectivity index (χ3n) is 4.01. The van der Waals surface area contributed by atoms with Gasteiger partial charge in [0.25, 0.3) is 0 Å². The van der Waals surface area contributed by atoms with E-state index in [4.69, 9.17) is 4.74 Å². The Morgan fingerprint density at radius 3 is 2.52 bits per heavy atom. The Balaban J connectivity index is 1.88. The lowest BCUT2D eigenvalue weighted by Crippen LogP contribution is -2.22. The second-order valence-electron chi connectivity index (χ2n) is 5.89. The van der Waals surface area contributed by atoms with Crippen molar-refractivity contribution < 1.29 is 17.9 Å². The fraction of sp³-hybridized carbons (Fsp3) is 0.412. The van der Waals surface area contributed by atoms with Crippen molar-refractivity contribution in [3.63, 3.8) is 0 Å². The summed E-state index contributed by atoms with van der Waals surface area (Å²) in [6.45, 7) is 0. The molecule has 0 unspecified atom stereocenters. The standard InChI is InChI=1S/C17H17BrF3N3O/c18-13-8-4-5-9-14(13)23-16-22-10-12(17(19,20)21)15(24-16)25-11-6-2-1-3-7-11/h4-5,8-11H,1-3,6-7H2,(H,22,23,24). The highest BCUT2D eigenvalue weighted by molar-refractivity contribution is 9.10. The predicted molar refractivity (Wildman–Crippen MR) is 92.0 cm³/mol. The van der Waals surface area contributed by atoms with Crippen molar-refractivity contribution in [2.24, 2.45) is 0 Å². The quantitative estimate of drug-likeness (QED) is 0.694. The summed E-state index contributed by atoms with van der Waals surface area (Å²) in [6.07, 6.45) is 0.465. The first-order chi connectivity index (χ1) is 11.9. The van der Waals surface area contributed by atoms with Gasteiger partial charge in [-0.15, -0.1) is 0 Å². The summed E-state index contributed by atoms with van der Waals surface area (Å²) in [5.41, 5.74) is -0.290. The van der Waals surface area contributed by atoms with Gasteiger partial charge in [-0.1, -0.05) is 18.6 Å². The largest absolute Gasteiger partial charge is 0.474 e. The van der Waals surface area contributed by atoms with Crippen LogP contribution in [0.15, 0.2) is 34.9 Å². The van der Waals surface area contributed by atoms with Crippen molar-refractivity contribution in [1.29, 1.82) is 0 Å². The van der Waals surface area contributed by atoms with Crippen LogP contribution < -0.4 is 10.1 Å². The number of halogens is 4. The van der Waals surface area contributed by atoms with Crippen LogP contribution in [-0.2, 0) is 6.18 Å². The van der Waals surface area contributed by atoms with Crippen LogP contribution in [0.4, 0.5) is 24.8 Å². The topological polar surface area (TPSA) is 47.0 Å². The molecule has 1 aromatic heterocycles. The molecule has 1 aliphatic rings. The zero-order valence-corrected chi connectivity index (χ0v) is 14.9. The summed E-state index contributed by atoms with van der Waals surface area (Å²) >= 11 is 3.37. The third-order valence-corrected chi connectivity index (χ3v) is 4.70. The van der Waals surface area contributed by atoms with Crippen molar-refractivity contribution in [2.75, 3.05) is 5.32 Å². The van der Waals surface area contributed by atoms with Crippen LogP contribution in [0.1, 0.15) is 37.7 Å². The van der Waals surface area contributed by atoms with Gasteiger partial charge in [0.05, 0.1) is 5.69 Å². The van der Waals surface area contributed by atoms with E-state index in [2.05, 4.69) is 31.2 Å². The van der Waals surface area contributed by atoms with Crippen LogP contribution in [0.5, 0.6) is 5.88 Å². The number of para-hydroxylation sites is 1. The minimum atomic E-state index is -4.56. The summed E-state index contributed by atoms with van der Waals surface area (Å²) in [4.78, 5) is 7.78. The van der Waals surface area contributed by atoms with Crippen LogP contribution in [0, 0.1) is 0 Å². The second-order valence-corrected chi connectivity index (χ2v) is 6.75. The number of aromatic nitrogens is 2. The molecule has 1 N–H and O–H groups in total. The molecule has 1 saturated carbocycles. The van der Waals surface area contributed by atoms with Crippen LogP contribution in [0.25, 0.3) is 0 Å². The summed E-state index contributed by atoms with van der Waals surface area (Å²) in [5.74, 6) is -0.352. The highest BCUT2D eigenvalue weighted by atomic mass is 79.9. The number of hydrogen-bond acceptors (Lipinski definition) is 4. The number of anilines is 2. The second kappa shape index (κ2) is 7.59. The van der Waals surface area contributed by atoms with E-state index in [0.29, 0.717) is 5.69 Å². The summed E-state index contributed by atoms with van der Waals surface area (Å²) in [6, 6.07) is 7.22. The lowest BCUT2D eigenvalue weighted by atomic mass is 9.98. The molecule has 0 atom stereocenters. The highest BCUT2D eigenvalue weighted by Gasteiger charge is 2.37. The molecule has 2 aromatic rings. The van der Waals surface area contributed by atoms with Crippen molar-refractivity contribution in [2.45, 2.75) is 44.4 Å². The molecule has 0 radical (unpaired) electrons. The van der Waals surface area contributed by atoms with Gasteiger partial charge in [-0.05, 0) is 53.7 Å². The highest BCUT2D eigenvalue weighted by Crippen LogP contribution is 2.37. The molecule has 4 nitrogen and oxygen atoms in total. The summed E-state index contributed by atoms with van der Waals surface area (Å²) < 4.78 is 46.1. The number of alkyl halides is 3. The summed E-state index contributed by atoms with van der Waals surface area (Å²) in [5, 5.41) is 2.91. The molecule has 8 heteroatoms. The van der Waals surface area contributed by atoms with Crippen LogP contribution in [0.2, 0.25) is 0 Å². The molecule has 0 spiro atoms. The van der Waals surface area contributed by atoms with Crippen LogP contribution in [0.3, 0.4) is 0 Å². The minimum absolute atomic E-state index is 0.0608. The lowest BCUT2D eigenvalue weighted by Gasteiger charge is -2.24. The van der Waals surface area contributed by atoms with Gasteiger partial charge in [-0.3, -0.25) is 0 Å². The minimum Gasteiger partial charge on any atom is -0.474 e. The number of nitrogens with zero attached hydrogens (tertiary/aromatic N) is 2. The number of nitrogens with one attached hydrogen (secondary N) is 1. The van der Waals surface area contributed by atoms with E-state index >= 15 is 0 Å². The molecule has 0 aliphatic heterocycles. The zero-order chi connectivity index (χ0) is 17.9. The first-order valence-corrected chi connectivity index (χ1v) is 8.85. The van der Waals surface area contributed by atoms with Crippen LogP contribution in [-0.4, -0.2) is 16.1 Å². The fourth-order valence-electron chi connectivity index (χ4n) is 2.73. The molecule has 3 rings (SSSR count). The smallest absolute Gasteiger partial charge is 0.423 e. The van der Waals surface area contributed by atoms with Crippen molar-refractivity contribution in [3.8, 4) is 5.88 Å². The van der Waals surface area contributed by atoms with Gasteiger partial charge in [0.15, 0.2) is 0 Å². The van der Waals surface area contributed by atoms with Gasteiger partial charge in [-0.2, -0.15) is 18.2 Å². The molecule has 25 heavy (non-hydrogen) atoms. The van der Waals surface area contributed by atoms with Gasteiger partial charge in [0.2, 0.25) is 11.8 Å². The SMILES string of the molecule is FC(F)(F)c1cnc(Nc2ccccc2Br)nc1OC1CCCCC1. The zero-order valence-electron chi connectivity index (χ0n) is 13.3. The van der Waals surface area contributed by atoms with E-state index in [1.165, 1.54) is 0 Å². The van der Waals surface area contributed by atoms with Gasteiger partial charge in [-0.25, -0.2) is 4.98 Å². The molecular formula is C17H17BrF3N3O. The average Bonchev–Trinajstić information content (AvgIpc) is 2.57. The van der Waals surface area contributed by atoms with E-state index in [-0.39, 0.29) is 12.1 Å². The molecule has 0 amide bonds. The Hall–Kier alpha value is -1.83. The van der Waals surface area contributed by atoms with Crippen molar-refractivity contribution in [1.82, 2.24) is 9.97 Å². The molecule has 1 aliphatic carbocycles. The van der Waals surface area contributed by atoms with Gasteiger partial charge in [0, 0.05) is 10.7 Å². The van der Waals surface area contributed by atoms with E-state index in [9.17, 15) is 13.2 Å². The van der Waals surface area contributed by atoms with Gasteiger partial charge in [0.1, 0.15) is 11.7 Å². The molecule has 0 saturated heterocycles. The number of ether oxygens (including phenoxy) is 1. The normalized spacial score (nSPS) is 15.8. The summed E-state index contributed by atoms with van der Waals surface area (Å²) in [7, 11) is 0. The Labute approximate surface area is 152 Å². The number of benzene rings is 1. The number of hydrogen-bond donors (Lipinski definition) is 1. The van der Waals surface area contributed by atoms with Gasteiger partial charge >= 0.3 is 6.18 Å². The van der Waals surface area contributed by atoms with Gasteiger partial charge < -0.3 is 10.1 Å². The van der Waals surface area contributed by atoms with E-state index in [0.717, 1.165) is 42.8 Å². The van der Waals surface area contributed by atoms with Crippen molar-refractivity contribution in [3.05, 3.63) is 40.5 Å². The monoisotopic (exact) mass is 415 g/mol. The predicted octanol–water partition coefficient (Wildman–Crippen LogP) is 5.71. The Morgan fingerprint density at radius 1 is 1.12 bits per heavy atom. The van der Waals surface area contributed by atoms with E-state index in [1.54, 1.807) is 12.1 Å². The maximum atomic E-state index is 13.2. The molecule has 1 aromatic carbocycles. The average molecular weight is 416 g/mol. The van der Waals surface area contributed by atoms with Crippen molar-refractivity contribution >= 4 is 27.6 Å². The Morgan fingerprint density at radius 2 is 1.84 bits per heavy atom. The van der Waals surface area contributed by atoms with Crippen LogP contribution >= 0.6 is 15.9 Å². The molecule has 0 bridgehead atoms. The first-order valence-electron chi connectivity index (χ1n) is 8.06. The molecule has 134 valence electrons. The lowest BCUT2D eigenvalue weighted by molar-refractivity contribution is -0.140. The Bertz CT molecular complexity index is 733. The molecule has 1 fully saturated rings. The molecular weight excluding hydrogens is 399 g/mol. The first kappa shape index (κ1) is 18.0. The van der Waals surface area contributed by atoms with E-state index < -0.39 is 17.6 Å². The third kappa shape index (κ3) is 4.62. The fourth-order valence-corrected chi connectivity index (χ4v) is 3.12.